The predicted molar refractivity (Wildman–Crippen MR) is 58.9 cm³/mol. The van der Waals surface area contributed by atoms with Crippen molar-refractivity contribution in [2.75, 3.05) is 6.54 Å². The van der Waals surface area contributed by atoms with Gasteiger partial charge in [-0.05, 0) is 38.1 Å². The Balaban J connectivity index is 2.07. The summed E-state index contributed by atoms with van der Waals surface area (Å²) < 4.78 is 0. The maximum absolute atomic E-state index is 3.65. The zero-order valence-corrected chi connectivity index (χ0v) is 9.05. The molecule has 0 aromatic carbocycles. The first-order chi connectivity index (χ1) is 6.33. The van der Waals surface area contributed by atoms with E-state index in [9.17, 15) is 0 Å². The van der Waals surface area contributed by atoms with E-state index in [1.54, 1.807) is 0 Å². The van der Waals surface area contributed by atoms with Gasteiger partial charge >= 0.3 is 0 Å². The van der Waals surface area contributed by atoms with E-state index in [1.165, 1.54) is 38.6 Å². The quantitative estimate of drug-likeness (QED) is 0.643. The van der Waals surface area contributed by atoms with Gasteiger partial charge in [0, 0.05) is 6.04 Å². The lowest BCUT2D eigenvalue weighted by molar-refractivity contribution is 0.407. The van der Waals surface area contributed by atoms with Crippen molar-refractivity contribution < 1.29 is 0 Å². The van der Waals surface area contributed by atoms with Crippen LogP contribution in [0.1, 0.15) is 46.0 Å². The van der Waals surface area contributed by atoms with Crippen LogP contribution >= 0.6 is 0 Å². The number of allylic oxidation sites excluding steroid dienone is 1. The van der Waals surface area contributed by atoms with E-state index in [0.29, 0.717) is 0 Å². The fraction of sp³-hybridized carbons (Fsp3) is 0.833. The van der Waals surface area contributed by atoms with E-state index in [0.717, 1.165) is 12.0 Å². The molecule has 0 fully saturated rings. The van der Waals surface area contributed by atoms with Crippen molar-refractivity contribution in [3.05, 3.63) is 12.2 Å². The SMILES string of the molecule is CCCC(C)CNC1CC=CCC1. The van der Waals surface area contributed by atoms with Crippen molar-refractivity contribution in [1.29, 1.82) is 0 Å². The molecule has 1 N–H and O–H groups in total. The Kier molecular flexibility index (Phi) is 5.14. The fourth-order valence-corrected chi connectivity index (χ4v) is 1.94. The molecule has 0 radical (unpaired) electrons. The molecule has 1 rings (SSSR count). The topological polar surface area (TPSA) is 12.0 Å². The molecule has 1 aliphatic carbocycles. The van der Waals surface area contributed by atoms with Crippen LogP contribution in [0.25, 0.3) is 0 Å². The first kappa shape index (κ1) is 10.8. The minimum Gasteiger partial charge on any atom is -0.313 e. The molecule has 0 aromatic heterocycles. The molecule has 1 nitrogen and oxygen atoms in total. The van der Waals surface area contributed by atoms with Crippen LogP contribution in [0.3, 0.4) is 0 Å². The summed E-state index contributed by atoms with van der Waals surface area (Å²) in [6.07, 6.45) is 11.1. The fourth-order valence-electron chi connectivity index (χ4n) is 1.94. The highest BCUT2D eigenvalue weighted by Crippen LogP contribution is 2.11. The highest BCUT2D eigenvalue weighted by molar-refractivity contribution is 4.92. The molecule has 2 unspecified atom stereocenters. The molecule has 0 aliphatic heterocycles. The summed E-state index contributed by atoms with van der Waals surface area (Å²) >= 11 is 0. The number of nitrogens with one attached hydrogen (secondary N) is 1. The molecule has 76 valence electrons. The standard InChI is InChI=1S/C12H23N/c1-3-7-11(2)10-13-12-8-5-4-6-9-12/h4-5,11-13H,3,6-10H2,1-2H3. The van der Waals surface area contributed by atoms with Gasteiger partial charge in [0.1, 0.15) is 0 Å². The summed E-state index contributed by atoms with van der Waals surface area (Å²) in [5.41, 5.74) is 0. The zero-order chi connectivity index (χ0) is 9.52. The largest absolute Gasteiger partial charge is 0.313 e. The average molecular weight is 181 g/mol. The molecule has 0 aromatic rings. The van der Waals surface area contributed by atoms with Gasteiger partial charge in [0.2, 0.25) is 0 Å². The molecule has 0 saturated carbocycles. The smallest absolute Gasteiger partial charge is 0.0105 e. The van der Waals surface area contributed by atoms with Crippen molar-refractivity contribution in [3.63, 3.8) is 0 Å². The molecule has 0 bridgehead atoms. The zero-order valence-electron chi connectivity index (χ0n) is 9.05. The summed E-state index contributed by atoms with van der Waals surface area (Å²) in [5, 5.41) is 3.65. The second-order valence-corrected chi connectivity index (χ2v) is 4.28. The van der Waals surface area contributed by atoms with E-state index in [1.807, 2.05) is 0 Å². The molecular weight excluding hydrogens is 158 g/mol. The second kappa shape index (κ2) is 6.20. The normalized spacial score (nSPS) is 24.6. The van der Waals surface area contributed by atoms with Gasteiger partial charge in [0.25, 0.3) is 0 Å². The maximum Gasteiger partial charge on any atom is 0.0105 e. The second-order valence-electron chi connectivity index (χ2n) is 4.28. The Morgan fingerprint density at radius 3 is 2.92 bits per heavy atom. The summed E-state index contributed by atoms with van der Waals surface area (Å²) in [5.74, 6) is 0.843. The van der Waals surface area contributed by atoms with Crippen LogP contribution in [-0.4, -0.2) is 12.6 Å². The monoisotopic (exact) mass is 181 g/mol. The molecule has 1 heteroatoms. The lowest BCUT2D eigenvalue weighted by atomic mass is 10.0. The van der Waals surface area contributed by atoms with Gasteiger partial charge in [0.05, 0.1) is 0 Å². The Labute approximate surface area is 82.6 Å². The lowest BCUT2D eigenvalue weighted by Gasteiger charge is -2.21. The Morgan fingerprint density at radius 2 is 2.31 bits per heavy atom. The van der Waals surface area contributed by atoms with E-state index >= 15 is 0 Å². The van der Waals surface area contributed by atoms with E-state index in [4.69, 9.17) is 0 Å². The van der Waals surface area contributed by atoms with Crippen molar-refractivity contribution >= 4 is 0 Å². The molecule has 0 amide bonds. The minimum atomic E-state index is 0.754. The maximum atomic E-state index is 3.65. The highest BCUT2D eigenvalue weighted by Gasteiger charge is 2.09. The first-order valence-corrected chi connectivity index (χ1v) is 5.71. The van der Waals surface area contributed by atoms with Crippen molar-refractivity contribution in [1.82, 2.24) is 5.32 Å². The van der Waals surface area contributed by atoms with Crippen LogP contribution in [-0.2, 0) is 0 Å². The van der Waals surface area contributed by atoms with Gasteiger partial charge in [-0.2, -0.15) is 0 Å². The van der Waals surface area contributed by atoms with E-state index in [2.05, 4.69) is 31.3 Å². The van der Waals surface area contributed by atoms with Crippen LogP contribution in [0.2, 0.25) is 0 Å². The van der Waals surface area contributed by atoms with Crippen LogP contribution in [0.5, 0.6) is 0 Å². The van der Waals surface area contributed by atoms with E-state index in [-0.39, 0.29) is 0 Å². The van der Waals surface area contributed by atoms with Crippen LogP contribution in [0.4, 0.5) is 0 Å². The van der Waals surface area contributed by atoms with Gasteiger partial charge in [-0.3, -0.25) is 0 Å². The Hall–Kier alpha value is -0.300. The lowest BCUT2D eigenvalue weighted by Crippen LogP contribution is -2.33. The summed E-state index contributed by atoms with van der Waals surface area (Å²) in [6, 6.07) is 0.754. The molecule has 0 heterocycles. The minimum absolute atomic E-state index is 0.754. The number of hydrogen-bond donors (Lipinski definition) is 1. The van der Waals surface area contributed by atoms with Gasteiger partial charge in [-0.25, -0.2) is 0 Å². The molecule has 0 saturated heterocycles. The van der Waals surface area contributed by atoms with Gasteiger partial charge in [0.15, 0.2) is 0 Å². The number of rotatable bonds is 5. The van der Waals surface area contributed by atoms with Crippen LogP contribution in [0.15, 0.2) is 12.2 Å². The third-order valence-electron chi connectivity index (χ3n) is 2.81. The summed E-state index contributed by atoms with van der Waals surface area (Å²) in [4.78, 5) is 0. The average Bonchev–Trinajstić information content (AvgIpc) is 2.17. The Bertz CT molecular complexity index is 151. The Morgan fingerprint density at radius 1 is 1.46 bits per heavy atom. The third-order valence-corrected chi connectivity index (χ3v) is 2.81. The predicted octanol–water partition coefficient (Wildman–Crippen LogP) is 3.12. The van der Waals surface area contributed by atoms with Crippen molar-refractivity contribution in [3.8, 4) is 0 Å². The summed E-state index contributed by atoms with van der Waals surface area (Å²) in [6.45, 7) is 5.81. The molecule has 1 aliphatic rings. The third kappa shape index (κ3) is 4.47. The highest BCUT2D eigenvalue weighted by atomic mass is 14.9. The molecule has 0 spiro atoms. The van der Waals surface area contributed by atoms with Crippen molar-refractivity contribution in [2.45, 2.75) is 52.0 Å². The van der Waals surface area contributed by atoms with Gasteiger partial charge < -0.3 is 5.32 Å². The van der Waals surface area contributed by atoms with Crippen LogP contribution in [0, 0.1) is 5.92 Å². The first-order valence-electron chi connectivity index (χ1n) is 5.71. The van der Waals surface area contributed by atoms with Gasteiger partial charge in [-0.1, -0.05) is 32.4 Å². The van der Waals surface area contributed by atoms with E-state index < -0.39 is 0 Å². The number of hydrogen-bond acceptors (Lipinski definition) is 1. The van der Waals surface area contributed by atoms with Crippen molar-refractivity contribution in [2.24, 2.45) is 5.92 Å². The van der Waals surface area contributed by atoms with Gasteiger partial charge in [-0.15, -0.1) is 0 Å². The molecular formula is C12H23N. The van der Waals surface area contributed by atoms with Crippen LogP contribution < -0.4 is 5.32 Å². The molecule has 13 heavy (non-hydrogen) atoms. The molecule has 2 atom stereocenters. The summed E-state index contributed by atoms with van der Waals surface area (Å²) in [7, 11) is 0.